The van der Waals surface area contributed by atoms with Gasteiger partial charge in [-0.2, -0.15) is 5.10 Å². The summed E-state index contributed by atoms with van der Waals surface area (Å²) < 4.78 is 1.21. The Balaban J connectivity index is 1.75. The van der Waals surface area contributed by atoms with Crippen LogP contribution in [0.4, 0.5) is 5.69 Å². The number of hydrogen-bond acceptors (Lipinski definition) is 5. The Labute approximate surface area is 119 Å². The SMILES string of the molecule is Cn1ncc(NCc2nc3c(s2)CCC3)c(Cl)c1=O. The van der Waals surface area contributed by atoms with Gasteiger partial charge in [0.15, 0.2) is 0 Å². The number of fused-ring (bicyclic) bond motifs is 1. The number of anilines is 1. The lowest BCUT2D eigenvalue weighted by molar-refractivity contribution is 0.708. The van der Waals surface area contributed by atoms with E-state index in [-0.39, 0.29) is 10.6 Å². The molecule has 2 heterocycles. The predicted octanol–water partition coefficient (Wildman–Crippen LogP) is 1.99. The summed E-state index contributed by atoms with van der Waals surface area (Å²) in [5.41, 5.74) is 1.49. The van der Waals surface area contributed by atoms with Crippen molar-refractivity contribution in [3.63, 3.8) is 0 Å². The lowest BCUT2D eigenvalue weighted by Gasteiger charge is -2.06. The van der Waals surface area contributed by atoms with Crippen LogP contribution in [0.2, 0.25) is 5.02 Å². The Hall–Kier alpha value is -1.40. The second kappa shape index (κ2) is 4.94. The molecule has 0 fully saturated rings. The minimum absolute atomic E-state index is 0.168. The lowest BCUT2D eigenvalue weighted by Crippen LogP contribution is -2.21. The minimum Gasteiger partial charge on any atom is -0.376 e. The smallest absolute Gasteiger partial charge is 0.287 e. The van der Waals surface area contributed by atoms with E-state index in [4.69, 9.17) is 11.6 Å². The number of halogens is 1. The van der Waals surface area contributed by atoms with E-state index in [2.05, 4.69) is 15.4 Å². The summed E-state index contributed by atoms with van der Waals surface area (Å²) in [6.45, 7) is 0.576. The zero-order valence-electron chi connectivity index (χ0n) is 10.4. The fraction of sp³-hybridized carbons (Fsp3) is 0.417. The zero-order valence-corrected chi connectivity index (χ0v) is 12.0. The van der Waals surface area contributed by atoms with Crippen LogP contribution in [0, 0.1) is 0 Å². The Morgan fingerprint density at radius 3 is 3.16 bits per heavy atom. The molecule has 0 atom stereocenters. The van der Waals surface area contributed by atoms with Crippen LogP contribution in [0.3, 0.4) is 0 Å². The fourth-order valence-corrected chi connectivity index (χ4v) is 3.46. The molecule has 0 aliphatic heterocycles. The second-order valence-corrected chi connectivity index (χ2v) is 6.03. The van der Waals surface area contributed by atoms with E-state index in [1.165, 1.54) is 21.7 Å². The summed E-state index contributed by atoms with van der Waals surface area (Å²) in [4.78, 5) is 17.6. The topological polar surface area (TPSA) is 59.8 Å². The summed E-state index contributed by atoms with van der Waals surface area (Å²) in [5.74, 6) is 0. The maximum Gasteiger partial charge on any atom is 0.287 e. The molecule has 1 aliphatic carbocycles. The number of thiazole rings is 1. The van der Waals surface area contributed by atoms with E-state index < -0.39 is 0 Å². The highest BCUT2D eigenvalue weighted by Gasteiger charge is 2.16. The van der Waals surface area contributed by atoms with Crippen LogP contribution < -0.4 is 10.9 Å². The molecule has 0 saturated heterocycles. The van der Waals surface area contributed by atoms with Gasteiger partial charge in [-0.1, -0.05) is 11.6 Å². The highest BCUT2D eigenvalue weighted by Crippen LogP contribution is 2.28. The molecule has 0 saturated carbocycles. The van der Waals surface area contributed by atoms with E-state index in [0.717, 1.165) is 17.8 Å². The molecular formula is C12H13ClN4OS. The summed E-state index contributed by atoms with van der Waals surface area (Å²) in [5, 5.41) is 8.27. The summed E-state index contributed by atoms with van der Waals surface area (Å²) in [6.07, 6.45) is 5.00. The number of nitrogens with zero attached hydrogens (tertiary/aromatic N) is 3. The molecule has 0 unspecified atom stereocenters. The number of nitrogens with one attached hydrogen (secondary N) is 1. The van der Waals surface area contributed by atoms with Gasteiger partial charge in [0.05, 0.1) is 24.1 Å². The van der Waals surface area contributed by atoms with Gasteiger partial charge in [0, 0.05) is 11.9 Å². The summed E-state index contributed by atoms with van der Waals surface area (Å²) in [6, 6.07) is 0. The van der Waals surface area contributed by atoms with Crippen LogP contribution in [0.1, 0.15) is 22.0 Å². The largest absolute Gasteiger partial charge is 0.376 e. The second-order valence-electron chi connectivity index (χ2n) is 4.49. The van der Waals surface area contributed by atoms with E-state index >= 15 is 0 Å². The standard InChI is InChI=1S/C12H13ClN4OS/c1-17-12(18)11(13)8(5-15-17)14-6-10-16-7-3-2-4-9(7)19-10/h5,14H,2-4,6H2,1H3. The zero-order chi connectivity index (χ0) is 13.4. The van der Waals surface area contributed by atoms with Crippen molar-refractivity contribution in [2.75, 3.05) is 5.32 Å². The molecule has 2 aromatic heterocycles. The third-order valence-electron chi connectivity index (χ3n) is 3.15. The van der Waals surface area contributed by atoms with Gasteiger partial charge in [-0.3, -0.25) is 4.79 Å². The van der Waals surface area contributed by atoms with Crippen molar-refractivity contribution < 1.29 is 0 Å². The van der Waals surface area contributed by atoms with E-state index in [1.807, 2.05) is 0 Å². The predicted molar refractivity (Wildman–Crippen MR) is 76.0 cm³/mol. The highest BCUT2D eigenvalue weighted by molar-refractivity contribution is 7.11. The van der Waals surface area contributed by atoms with Crippen molar-refractivity contribution in [2.45, 2.75) is 25.8 Å². The Morgan fingerprint density at radius 2 is 2.37 bits per heavy atom. The molecule has 0 spiro atoms. The van der Waals surface area contributed by atoms with Crippen LogP contribution in [0.25, 0.3) is 0 Å². The maximum atomic E-state index is 11.6. The first-order chi connectivity index (χ1) is 9.15. The lowest BCUT2D eigenvalue weighted by atomic mass is 10.4. The number of aromatic nitrogens is 3. The molecule has 5 nitrogen and oxygen atoms in total. The van der Waals surface area contributed by atoms with Gasteiger partial charge in [0.1, 0.15) is 10.0 Å². The van der Waals surface area contributed by atoms with Gasteiger partial charge in [0.2, 0.25) is 0 Å². The van der Waals surface area contributed by atoms with Gasteiger partial charge >= 0.3 is 0 Å². The van der Waals surface area contributed by atoms with Crippen molar-refractivity contribution in [1.82, 2.24) is 14.8 Å². The third-order valence-corrected chi connectivity index (χ3v) is 4.67. The van der Waals surface area contributed by atoms with Crippen LogP contribution in [0.5, 0.6) is 0 Å². The van der Waals surface area contributed by atoms with Crippen LogP contribution in [-0.4, -0.2) is 14.8 Å². The van der Waals surface area contributed by atoms with Crippen molar-refractivity contribution >= 4 is 28.6 Å². The molecule has 1 N–H and O–H groups in total. The molecular weight excluding hydrogens is 284 g/mol. The molecule has 19 heavy (non-hydrogen) atoms. The van der Waals surface area contributed by atoms with Crippen molar-refractivity contribution in [3.8, 4) is 0 Å². The van der Waals surface area contributed by atoms with E-state index in [9.17, 15) is 4.79 Å². The number of aryl methyl sites for hydroxylation is 3. The van der Waals surface area contributed by atoms with E-state index in [1.54, 1.807) is 24.6 Å². The molecule has 100 valence electrons. The Morgan fingerprint density at radius 1 is 1.53 bits per heavy atom. The van der Waals surface area contributed by atoms with E-state index in [0.29, 0.717) is 12.2 Å². The molecule has 1 aliphatic rings. The molecule has 3 rings (SSSR count). The molecule has 7 heteroatoms. The molecule has 0 bridgehead atoms. The minimum atomic E-state index is -0.298. The average molecular weight is 297 g/mol. The molecule has 2 aromatic rings. The van der Waals surface area contributed by atoms with Crippen LogP contribution >= 0.6 is 22.9 Å². The van der Waals surface area contributed by atoms with Gasteiger partial charge in [-0.25, -0.2) is 9.67 Å². The third kappa shape index (κ3) is 2.37. The first kappa shape index (κ1) is 12.6. The summed E-state index contributed by atoms with van der Waals surface area (Å²) >= 11 is 7.72. The normalized spacial score (nSPS) is 13.6. The molecule has 0 aromatic carbocycles. The number of hydrogen-bond donors (Lipinski definition) is 1. The van der Waals surface area contributed by atoms with Gasteiger partial charge in [0.25, 0.3) is 5.56 Å². The average Bonchev–Trinajstić information content (AvgIpc) is 2.96. The summed E-state index contributed by atoms with van der Waals surface area (Å²) in [7, 11) is 1.57. The monoisotopic (exact) mass is 296 g/mol. The van der Waals surface area contributed by atoms with Gasteiger partial charge < -0.3 is 5.32 Å². The van der Waals surface area contributed by atoms with Crippen molar-refractivity contribution in [2.24, 2.45) is 7.05 Å². The van der Waals surface area contributed by atoms with Crippen LogP contribution in [-0.2, 0) is 26.4 Å². The highest BCUT2D eigenvalue weighted by atomic mass is 35.5. The molecule has 0 amide bonds. The Kier molecular flexibility index (Phi) is 3.28. The fourth-order valence-electron chi connectivity index (χ4n) is 2.12. The maximum absolute atomic E-state index is 11.6. The van der Waals surface area contributed by atoms with Crippen molar-refractivity contribution in [1.29, 1.82) is 0 Å². The quantitative estimate of drug-likeness (QED) is 0.941. The van der Waals surface area contributed by atoms with Crippen LogP contribution in [0.15, 0.2) is 11.0 Å². The van der Waals surface area contributed by atoms with Gasteiger partial charge in [-0.15, -0.1) is 11.3 Å². The van der Waals surface area contributed by atoms with Gasteiger partial charge in [-0.05, 0) is 19.3 Å². The first-order valence-corrected chi connectivity index (χ1v) is 7.27. The number of rotatable bonds is 3. The Bertz CT molecular complexity index is 657. The molecule has 0 radical (unpaired) electrons. The first-order valence-electron chi connectivity index (χ1n) is 6.08. The van der Waals surface area contributed by atoms with Crippen molar-refractivity contribution in [3.05, 3.63) is 37.2 Å².